The van der Waals surface area contributed by atoms with Gasteiger partial charge in [0.05, 0.1) is 24.3 Å². The summed E-state index contributed by atoms with van der Waals surface area (Å²) in [5.41, 5.74) is 0.934. The molecule has 0 saturated carbocycles. The van der Waals surface area contributed by atoms with Gasteiger partial charge in [0.2, 0.25) is 11.7 Å². The van der Waals surface area contributed by atoms with Crippen molar-refractivity contribution in [2.45, 2.75) is 19.8 Å². The zero-order valence-corrected chi connectivity index (χ0v) is 16.6. The molecule has 0 bridgehead atoms. The Bertz CT molecular complexity index is 1110. The molecule has 0 radical (unpaired) electrons. The lowest BCUT2D eigenvalue weighted by molar-refractivity contribution is -0.141. The number of fused-ring (bicyclic) bond motifs is 1. The van der Waals surface area contributed by atoms with Crippen molar-refractivity contribution in [1.82, 2.24) is 9.97 Å². The number of methoxy groups -OCH3 is 1. The Morgan fingerprint density at radius 3 is 2.66 bits per heavy atom. The van der Waals surface area contributed by atoms with E-state index in [4.69, 9.17) is 25.5 Å². The smallest absolute Gasteiger partial charge is 0.376 e. The van der Waals surface area contributed by atoms with E-state index in [9.17, 15) is 14.4 Å². The van der Waals surface area contributed by atoms with Crippen LogP contribution in [0, 0.1) is 0 Å². The molecule has 3 rings (SSSR count). The number of halogens is 1. The van der Waals surface area contributed by atoms with Crippen molar-refractivity contribution in [3.63, 3.8) is 0 Å². The Hall–Kier alpha value is -3.26. The molecule has 0 saturated heterocycles. The molecule has 1 unspecified atom stereocenters. The Morgan fingerprint density at radius 2 is 2.00 bits per heavy atom. The minimum atomic E-state index is -1.11. The fourth-order valence-electron chi connectivity index (χ4n) is 2.83. The molecule has 2 heterocycles. The second kappa shape index (κ2) is 8.40. The van der Waals surface area contributed by atoms with E-state index in [-0.39, 0.29) is 24.0 Å². The molecular weight excluding hydrogens is 400 g/mol. The molecule has 0 spiro atoms. The Balaban J connectivity index is 2.15. The SMILES string of the molecule is CCOC(=O)c1oc(C(C(=O)OC)c2ccc3ncc(Cl)cc3c2)nc1C(C)=O. The van der Waals surface area contributed by atoms with Crippen molar-refractivity contribution in [3.8, 4) is 0 Å². The van der Waals surface area contributed by atoms with Gasteiger partial charge in [0, 0.05) is 18.5 Å². The van der Waals surface area contributed by atoms with Crippen LogP contribution in [0.1, 0.15) is 52.3 Å². The summed E-state index contributed by atoms with van der Waals surface area (Å²) in [5.74, 6) is -3.63. The van der Waals surface area contributed by atoms with Gasteiger partial charge in [-0.15, -0.1) is 0 Å². The summed E-state index contributed by atoms with van der Waals surface area (Å²) < 4.78 is 15.3. The first-order valence-electron chi connectivity index (χ1n) is 8.67. The number of oxazole rings is 1. The first-order chi connectivity index (χ1) is 13.8. The highest BCUT2D eigenvalue weighted by Gasteiger charge is 2.33. The second-order valence-electron chi connectivity index (χ2n) is 6.07. The van der Waals surface area contributed by atoms with E-state index in [0.717, 1.165) is 0 Å². The molecule has 1 atom stereocenters. The van der Waals surface area contributed by atoms with Crippen LogP contribution in [-0.4, -0.2) is 41.4 Å². The first-order valence-corrected chi connectivity index (χ1v) is 9.05. The summed E-state index contributed by atoms with van der Waals surface area (Å²) in [6.07, 6.45) is 1.51. The van der Waals surface area contributed by atoms with E-state index < -0.39 is 23.6 Å². The number of hydrogen-bond acceptors (Lipinski definition) is 8. The van der Waals surface area contributed by atoms with Gasteiger partial charge in [0.25, 0.3) is 0 Å². The van der Waals surface area contributed by atoms with Crippen molar-refractivity contribution in [2.24, 2.45) is 0 Å². The van der Waals surface area contributed by atoms with Crippen LogP contribution in [0.4, 0.5) is 0 Å². The molecule has 9 heteroatoms. The number of aromatic nitrogens is 2. The predicted molar refractivity (Wildman–Crippen MR) is 103 cm³/mol. The molecule has 29 heavy (non-hydrogen) atoms. The largest absolute Gasteiger partial charge is 0.468 e. The van der Waals surface area contributed by atoms with Gasteiger partial charge in [0.15, 0.2) is 17.4 Å². The van der Waals surface area contributed by atoms with Gasteiger partial charge < -0.3 is 13.9 Å². The third-order valence-corrected chi connectivity index (χ3v) is 4.33. The molecule has 0 aliphatic heterocycles. The third kappa shape index (κ3) is 4.12. The number of pyridine rings is 1. The molecule has 150 valence electrons. The fraction of sp³-hybridized carbons (Fsp3) is 0.250. The van der Waals surface area contributed by atoms with Crippen LogP contribution in [0.2, 0.25) is 5.02 Å². The highest BCUT2D eigenvalue weighted by molar-refractivity contribution is 6.31. The minimum absolute atomic E-state index is 0.0884. The zero-order valence-electron chi connectivity index (χ0n) is 15.9. The number of carbonyl (C=O) groups excluding carboxylic acids is 3. The Labute approximate surface area is 170 Å². The van der Waals surface area contributed by atoms with Crippen LogP contribution in [-0.2, 0) is 14.3 Å². The van der Waals surface area contributed by atoms with Gasteiger partial charge in [0.1, 0.15) is 0 Å². The summed E-state index contributed by atoms with van der Waals surface area (Å²) in [4.78, 5) is 44.9. The summed E-state index contributed by atoms with van der Waals surface area (Å²) in [7, 11) is 1.22. The van der Waals surface area contributed by atoms with Crippen LogP contribution in [0.5, 0.6) is 0 Å². The normalized spacial score (nSPS) is 11.9. The second-order valence-corrected chi connectivity index (χ2v) is 6.50. The van der Waals surface area contributed by atoms with E-state index in [1.165, 1.54) is 20.2 Å². The van der Waals surface area contributed by atoms with Crippen molar-refractivity contribution in [2.75, 3.05) is 13.7 Å². The number of benzene rings is 1. The van der Waals surface area contributed by atoms with Gasteiger partial charge in [-0.2, -0.15) is 0 Å². The topological polar surface area (TPSA) is 109 Å². The molecular formula is C20H17ClN2O6. The molecule has 0 aliphatic carbocycles. The molecule has 0 fully saturated rings. The quantitative estimate of drug-likeness (QED) is 0.443. The number of ether oxygens (including phenoxy) is 2. The van der Waals surface area contributed by atoms with Crippen molar-refractivity contribution in [3.05, 3.63) is 58.4 Å². The molecule has 0 aliphatic rings. The maximum Gasteiger partial charge on any atom is 0.376 e. The van der Waals surface area contributed by atoms with Crippen LogP contribution in [0.15, 0.2) is 34.9 Å². The molecule has 2 aromatic heterocycles. The summed E-state index contributed by atoms with van der Waals surface area (Å²) in [6.45, 7) is 2.94. The van der Waals surface area contributed by atoms with Crippen LogP contribution in [0.25, 0.3) is 10.9 Å². The minimum Gasteiger partial charge on any atom is -0.468 e. The van der Waals surface area contributed by atoms with E-state index in [2.05, 4.69) is 9.97 Å². The highest BCUT2D eigenvalue weighted by Crippen LogP contribution is 2.30. The van der Waals surface area contributed by atoms with Gasteiger partial charge in [-0.1, -0.05) is 17.7 Å². The number of ketones is 1. The lowest BCUT2D eigenvalue weighted by atomic mass is 9.97. The van der Waals surface area contributed by atoms with Crippen molar-refractivity contribution in [1.29, 1.82) is 0 Å². The van der Waals surface area contributed by atoms with Crippen molar-refractivity contribution < 1.29 is 28.3 Å². The maximum absolute atomic E-state index is 12.5. The summed E-state index contributed by atoms with van der Waals surface area (Å²) >= 11 is 6.01. The number of carbonyl (C=O) groups is 3. The van der Waals surface area contributed by atoms with Crippen molar-refractivity contribution >= 4 is 40.2 Å². The molecule has 0 N–H and O–H groups in total. The van der Waals surface area contributed by atoms with Gasteiger partial charge in [-0.05, 0) is 30.7 Å². The third-order valence-electron chi connectivity index (χ3n) is 4.13. The standard InChI is InChI=1S/C20H17ClN2O6/c1-4-28-20(26)17-16(10(2)24)23-18(29-17)15(19(25)27-3)11-5-6-14-12(7-11)8-13(21)9-22-14/h5-9,15H,4H2,1-3H3. The van der Waals surface area contributed by atoms with Crippen LogP contribution < -0.4 is 0 Å². The highest BCUT2D eigenvalue weighted by atomic mass is 35.5. The predicted octanol–water partition coefficient (Wildman–Crippen LogP) is 3.56. The van der Waals surface area contributed by atoms with E-state index in [0.29, 0.717) is 21.5 Å². The van der Waals surface area contributed by atoms with E-state index in [1.54, 1.807) is 31.2 Å². The van der Waals surface area contributed by atoms with Crippen LogP contribution in [0.3, 0.4) is 0 Å². The average Bonchev–Trinajstić information content (AvgIpc) is 3.13. The monoisotopic (exact) mass is 416 g/mol. The van der Waals surface area contributed by atoms with Crippen LogP contribution >= 0.6 is 11.6 Å². The molecule has 1 aromatic carbocycles. The molecule has 8 nitrogen and oxygen atoms in total. The zero-order chi connectivity index (χ0) is 21.1. The Morgan fingerprint density at radius 1 is 1.24 bits per heavy atom. The molecule has 3 aromatic rings. The Kier molecular flexibility index (Phi) is 5.93. The number of nitrogens with zero attached hydrogens (tertiary/aromatic N) is 2. The first kappa shape index (κ1) is 20.5. The lowest BCUT2D eigenvalue weighted by Gasteiger charge is -2.12. The number of hydrogen-bond donors (Lipinski definition) is 0. The number of Topliss-reactive ketones (excluding diaryl/α,β-unsaturated/α-hetero) is 1. The molecule has 0 amide bonds. The maximum atomic E-state index is 12.5. The number of rotatable bonds is 6. The van der Waals surface area contributed by atoms with Gasteiger partial charge in [-0.3, -0.25) is 14.6 Å². The average molecular weight is 417 g/mol. The number of esters is 2. The lowest BCUT2D eigenvalue weighted by Crippen LogP contribution is -2.16. The summed E-state index contributed by atoms with van der Waals surface area (Å²) in [5, 5.41) is 1.12. The van der Waals surface area contributed by atoms with Gasteiger partial charge in [-0.25, -0.2) is 9.78 Å². The van der Waals surface area contributed by atoms with Gasteiger partial charge >= 0.3 is 11.9 Å². The summed E-state index contributed by atoms with van der Waals surface area (Å²) in [6, 6.07) is 6.75. The van der Waals surface area contributed by atoms with E-state index >= 15 is 0 Å². The fourth-order valence-corrected chi connectivity index (χ4v) is 3.00. The van der Waals surface area contributed by atoms with E-state index in [1.807, 2.05) is 0 Å².